The van der Waals surface area contributed by atoms with Crippen molar-refractivity contribution in [3.8, 4) is 27.4 Å². The first kappa shape index (κ1) is 14.9. The van der Waals surface area contributed by atoms with Crippen molar-refractivity contribution in [3.05, 3.63) is 66.5 Å². The second-order valence-electron chi connectivity index (χ2n) is 5.45. The quantitative estimate of drug-likeness (QED) is 0.608. The summed E-state index contributed by atoms with van der Waals surface area (Å²) < 4.78 is 7.33. The van der Waals surface area contributed by atoms with Crippen LogP contribution in [0.3, 0.4) is 0 Å². The minimum atomic E-state index is 0.438. The third-order valence-electron chi connectivity index (χ3n) is 4.04. The summed E-state index contributed by atoms with van der Waals surface area (Å²) in [6.45, 7) is 0.438. The minimum Gasteiger partial charge on any atom is -0.497 e. The molecule has 0 radical (unpaired) electrons. The SMILES string of the molecule is COc1ccc(-c2nc3sc(-c4ccccc4)cn3c2CN)cc1. The summed E-state index contributed by atoms with van der Waals surface area (Å²) in [5, 5.41) is 0. The van der Waals surface area contributed by atoms with Crippen molar-refractivity contribution in [1.29, 1.82) is 0 Å². The molecule has 2 N–H and O–H groups in total. The molecule has 0 atom stereocenters. The van der Waals surface area contributed by atoms with E-state index in [9.17, 15) is 0 Å². The van der Waals surface area contributed by atoms with E-state index in [0.29, 0.717) is 6.54 Å². The Balaban J connectivity index is 1.81. The monoisotopic (exact) mass is 335 g/mol. The van der Waals surface area contributed by atoms with Gasteiger partial charge in [0.25, 0.3) is 0 Å². The zero-order valence-electron chi connectivity index (χ0n) is 13.3. The fourth-order valence-corrected chi connectivity index (χ4v) is 3.81. The summed E-state index contributed by atoms with van der Waals surface area (Å²) in [6.07, 6.45) is 2.12. The number of methoxy groups -OCH3 is 1. The van der Waals surface area contributed by atoms with Gasteiger partial charge >= 0.3 is 0 Å². The molecular formula is C19H17N3OS. The summed E-state index contributed by atoms with van der Waals surface area (Å²) in [6, 6.07) is 18.3. The van der Waals surface area contributed by atoms with Crippen LogP contribution in [0, 0.1) is 0 Å². The van der Waals surface area contributed by atoms with E-state index >= 15 is 0 Å². The van der Waals surface area contributed by atoms with Crippen LogP contribution in [0.2, 0.25) is 0 Å². The molecule has 4 rings (SSSR count). The molecule has 0 aliphatic heterocycles. The van der Waals surface area contributed by atoms with Gasteiger partial charge < -0.3 is 10.5 Å². The van der Waals surface area contributed by atoms with Crippen LogP contribution < -0.4 is 10.5 Å². The predicted octanol–water partition coefficient (Wildman–Crippen LogP) is 4.20. The van der Waals surface area contributed by atoms with Crippen LogP contribution in [0.15, 0.2) is 60.8 Å². The second-order valence-corrected chi connectivity index (χ2v) is 6.46. The first-order valence-electron chi connectivity index (χ1n) is 7.71. The molecule has 5 heteroatoms. The Hall–Kier alpha value is -2.63. The molecule has 0 saturated carbocycles. The van der Waals surface area contributed by atoms with Gasteiger partial charge in [0.05, 0.1) is 23.4 Å². The highest BCUT2D eigenvalue weighted by molar-refractivity contribution is 7.20. The summed E-state index contributed by atoms with van der Waals surface area (Å²) in [5.74, 6) is 0.834. The number of hydrogen-bond acceptors (Lipinski definition) is 4. The molecule has 4 aromatic rings. The Bertz CT molecular complexity index is 971. The molecule has 2 aromatic heterocycles. The van der Waals surface area contributed by atoms with E-state index in [0.717, 1.165) is 27.7 Å². The van der Waals surface area contributed by atoms with Crippen LogP contribution in [0.25, 0.3) is 26.7 Å². The number of fused-ring (bicyclic) bond motifs is 1. The van der Waals surface area contributed by atoms with Crippen molar-refractivity contribution in [1.82, 2.24) is 9.38 Å². The number of thiazole rings is 1. The Labute approximate surface area is 144 Å². The van der Waals surface area contributed by atoms with Crippen molar-refractivity contribution < 1.29 is 4.74 Å². The number of aromatic nitrogens is 2. The first-order valence-corrected chi connectivity index (χ1v) is 8.52. The summed E-state index contributed by atoms with van der Waals surface area (Å²) in [4.78, 5) is 6.96. The largest absolute Gasteiger partial charge is 0.497 e. The number of ether oxygens (including phenoxy) is 1. The Morgan fingerprint density at radius 1 is 1.04 bits per heavy atom. The molecule has 0 fully saturated rings. The van der Waals surface area contributed by atoms with Crippen molar-refractivity contribution >= 4 is 16.3 Å². The molecule has 0 aliphatic rings. The lowest BCUT2D eigenvalue weighted by molar-refractivity contribution is 0.415. The predicted molar refractivity (Wildman–Crippen MR) is 98.4 cm³/mol. The number of nitrogens with two attached hydrogens (primary N) is 1. The minimum absolute atomic E-state index is 0.438. The Morgan fingerprint density at radius 3 is 2.46 bits per heavy atom. The van der Waals surface area contributed by atoms with Crippen LogP contribution in [0.5, 0.6) is 5.75 Å². The van der Waals surface area contributed by atoms with E-state index < -0.39 is 0 Å². The van der Waals surface area contributed by atoms with E-state index in [-0.39, 0.29) is 0 Å². The molecule has 24 heavy (non-hydrogen) atoms. The molecule has 4 nitrogen and oxygen atoms in total. The fourth-order valence-electron chi connectivity index (χ4n) is 2.80. The van der Waals surface area contributed by atoms with Gasteiger partial charge in [-0.15, -0.1) is 0 Å². The molecule has 120 valence electrons. The number of hydrogen-bond donors (Lipinski definition) is 1. The van der Waals surface area contributed by atoms with Gasteiger partial charge in [0.1, 0.15) is 5.75 Å². The number of imidazole rings is 1. The molecule has 0 amide bonds. The van der Waals surface area contributed by atoms with Gasteiger partial charge in [0.15, 0.2) is 4.96 Å². The van der Waals surface area contributed by atoms with Gasteiger partial charge in [0.2, 0.25) is 0 Å². The van der Waals surface area contributed by atoms with Gasteiger partial charge in [0, 0.05) is 18.3 Å². The van der Waals surface area contributed by atoms with Gasteiger partial charge in [-0.25, -0.2) is 4.98 Å². The fraction of sp³-hybridized carbons (Fsp3) is 0.105. The van der Waals surface area contributed by atoms with E-state index in [1.54, 1.807) is 18.4 Å². The first-order chi connectivity index (χ1) is 11.8. The Morgan fingerprint density at radius 2 is 1.79 bits per heavy atom. The van der Waals surface area contributed by atoms with E-state index in [4.69, 9.17) is 15.5 Å². The third kappa shape index (κ3) is 2.48. The topological polar surface area (TPSA) is 52.5 Å². The zero-order chi connectivity index (χ0) is 16.5. The number of nitrogens with zero attached hydrogens (tertiary/aromatic N) is 2. The number of benzene rings is 2. The molecule has 0 spiro atoms. The normalized spacial score (nSPS) is 11.1. The van der Waals surface area contributed by atoms with Crippen LogP contribution in [-0.2, 0) is 6.54 Å². The third-order valence-corrected chi connectivity index (χ3v) is 5.07. The lowest BCUT2D eigenvalue weighted by Crippen LogP contribution is -2.01. The second kappa shape index (κ2) is 6.11. The Kier molecular flexibility index (Phi) is 3.80. The molecule has 0 unspecified atom stereocenters. The summed E-state index contributed by atoms with van der Waals surface area (Å²) >= 11 is 1.67. The van der Waals surface area contributed by atoms with Crippen LogP contribution in [0.4, 0.5) is 0 Å². The summed E-state index contributed by atoms with van der Waals surface area (Å²) in [7, 11) is 1.66. The van der Waals surface area contributed by atoms with Crippen molar-refractivity contribution in [2.24, 2.45) is 5.73 Å². The average Bonchev–Trinajstić information content (AvgIpc) is 3.20. The standard InChI is InChI=1S/C19H17N3OS/c1-23-15-9-7-14(8-10-15)18-16(11-20)22-12-17(24-19(22)21-18)13-5-3-2-4-6-13/h2-10,12H,11,20H2,1H3. The highest BCUT2D eigenvalue weighted by Crippen LogP contribution is 2.33. The number of rotatable bonds is 4. The van der Waals surface area contributed by atoms with Crippen molar-refractivity contribution in [3.63, 3.8) is 0 Å². The molecule has 0 saturated heterocycles. The van der Waals surface area contributed by atoms with Crippen LogP contribution in [0.1, 0.15) is 5.69 Å². The molecule has 2 aromatic carbocycles. The van der Waals surface area contributed by atoms with E-state index in [2.05, 4.69) is 22.7 Å². The van der Waals surface area contributed by atoms with E-state index in [1.165, 1.54) is 10.4 Å². The maximum atomic E-state index is 6.02. The van der Waals surface area contributed by atoms with Gasteiger partial charge in [-0.3, -0.25) is 4.40 Å². The maximum Gasteiger partial charge on any atom is 0.195 e. The van der Waals surface area contributed by atoms with Crippen molar-refractivity contribution in [2.45, 2.75) is 6.54 Å². The lowest BCUT2D eigenvalue weighted by atomic mass is 10.1. The average molecular weight is 335 g/mol. The molecule has 2 heterocycles. The van der Waals surface area contributed by atoms with Crippen LogP contribution in [-0.4, -0.2) is 16.5 Å². The smallest absolute Gasteiger partial charge is 0.195 e. The molecule has 0 bridgehead atoms. The van der Waals surface area contributed by atoms with Crippen molar-refractivity contribution in [2.75, 3.05) is 7.11 Å². The lowest BCUT2D eigenvalue weighted by Gasteiger charge is -2.04. The highest BCUT2D eigenvalue weighted by Gasteiger charge is 2.16. The maximum absolute atomic E-state index is 6.02. The van der Waals surface area contributed by atoms with E-state index in [1.807, 2.05) is 42.5 Å². The van der Waals surface area contributed by atoms with Gasteiger partial charge in [-0.05, 0) is 29.8 Å². The van der Waals surface area contributed by atoms with Crippen LogP contribution >= 0.6 is 11.3 Å². The summed E-state index contributed by atoms with van der Waals surface area (Å²) in [5.41, 5.74) is 10.2. The van der Waals surface area contributed by atoms with Gasteiger partial charge in [-0.1, -0.05) is 41.7 Å². The zero-order valence-corrected chi connectivity index (χ0v) is 14.1. The molecule has 0 aliphatic carbocycles. The van der Waals surface area contributed by atoms with Gasteiger partial charge in [-0.2, -0.15) is 0 Å². The highest BCUT2D eigenvalue weighted by atomic mass is 32.1. The molecular weight excluding hydrogens is 318 g/mol.